The molecule has 0 saturated carbocycles. The summed E-state index contributed by atoms with van der Waals surface area (Å²) in [6.45, 7) is 3.39. The van der Waals surface area contributed by atoms with Gasteiger partial charge in [0.1, 0.15) is 0 Å². The largest absolute Gasteiger partial charge is 0.314 e. The molecule has 3 heteroatoms. The third kappa shape index (κ3) is 2.73. The van der Waals surface area contributed by atoms with Crippen LogP contribution in [0.15, 0.2) is 0 Å². The van der Waals surface area contributed by atoms with E-state index in [0.717, 1.165) is 30.7 Å². The first kappa shape index (κ1) is 13.3. The summed E-state index contributed by atoms with van der Waals surface area (Å²) in [6.07, 6.45) is 10.1. The zero-order chi connectivity index (χ0) is 12.4. The Balaban J connectivity index is 1.67. The van der Waals surface area contributed by atoms with Crippen molar-refractivity contribution in [3.8, 4) is 0 Å². The van der Waals surface area contributed by atoms with Gasteiger partial charge in [-0.25, -0.2) is 0 Å². The zero-order valence-electron chi connectivity index (χ0n) is 11.7. The Morgan fingerprint density at radius 1 is 1.00 bits per heavy atom. The van der Waals surface area contributed by atoms with Crippen LogP contribution in [0.2, 0.25) is 0 Å². The van der Waals surface area contributed by atoms with Gasteiger partial charge in [0.15, 0.2) is 0 Å². The van der Waals surface area contributed by atoms with E-state index in [2.05, 4.69) is 28.9 Å². The molecule has 3 heterocycles. The number of piperidine rings is 2. The van der Waals surface area contributed by atoms with Gasteiger partial charge in [0.25, 0.3) is 0 Å². The molecular formula is C15H28N2S. The van der Waals surface area contributed by atoms with Crippen molar-refractivity contribution in [3.05, 3.63) is 0 Å². The highest BCUT2D eigenvalue weighted by Crippen LogP contribution is 2.38. The average molecular weight is 268 g/mol. The number of hydrogen-bond acceptors (Lipinski definition) is 3. The molecule has 2 nitrogen and oxygen atoms in total. The molecule has 0 aromatic carbocycles. The molecule has 2 bridgehead atoms. The standard InChI is InChI=1S/C15H28N2S/c1-2-16-12-10-14-4-3-5-15(11-12)17(14)13-6-8-18-9-7-13/h12-16H,2-11H2,1H3. The summed E-state index contributed by atoms with van der Waals surface area (Å²) in [7, 11) is 0. The van der Waals surface area contributed by atoms with Crippen molar-refractivity contribution in [1.29, 1.82) is 0 Å². The second-order valence-corrected chi connectivity index (χ2v) is 7.48. The van der Waals surface area contributed by atoms with Crippen molar-refractivity contribution in [2.45, 2.75) is 76.0 Å². The molecule has 0 aromatic rings. The van der Waals surface area contributed by atoms with Crippen LogP contribution in [0.1, 0.15) is 51.9 Å². The van der Waals surface area contributed by atoms with E-state index in [4.69, 9.17) is 0 Å². The molecule has 0 amide bonds. The van der Waals surface area contributed by atoms with E-state index in [1.165, 1.54) is 56.5 Å². The predicted octanol–water partition coefficient (Wildman–Crippen LogP) is 2.88. The fraction of sp³-hybridized carbons (Fsp3) is 1.00. The molecule has 2 atom stereocenters. The molecule has 3 fully saturated rings. The van der Waals surface area contributed by atoms with Crippen LogP contribution in [-0.2, 0) is 0 Å². The van der Waals surface area contributed by atoms with Crippen LogP contribution in [0.25, 0.3) is 0 Å². The molecule has 0 radical (unpaired) electrons. The van der Waals surface area contributed by atoms with Gasteiger partial charge in [-0.15, -0.1) is 0 Å². The van der Waals surface area contributed by atoms with Crippen LogP contribution in [0.5, 0.6) is 0 Å². The van der Waals surface area contributed by atoms with Crippen LogP contribution in [0, 0.1) is 0 Å². The maximum Gasteiger partial charge on any atom is 0.0117 e. The molecule has 0 aliphatic carbocycles. The lowest BCUT2D eigenvalue weighted by Crippen LogP contribution is -2.60. The fourth-order valence-corrected chi connectivity index (χ4v) is 5.53. The maximum atomic E-state index is 3.71. The Morgan fingerprint density at radius 3 is 2.28 bits per heavy atom. The van der Waals surface area contributed by atoms with Gasteiger partial charge in [0.05, 0.1) is 0 Å². The van der Waals surface area contributed by atoms with Crippen LogP contribution >= 0.6 is 11.8 Å². The van der Waals surface area contributed by atoms with E-state index >= 15 is 0 Å². The van der Waals surface area contributed by atoms with Crippen molar-refractivity contribution in [3.63, 3.8) is 0 Å². The van der Waals surface area contributed by atoms with Gasteiger partial charge in [-0.05, 0) is 56.6 Å². The zero-order valence-corrected chi connectivity index (χ0v) is 12.6. The molecule has 0 aromatic heterocycles. The summed E-state index contributed by atoms with van der Waals surface area (Å²) in [4.78, 5) is 2.97. The van der Waals surface area contributed by atoms with Crippen molar-refractivity contribution < 1.29 is 0 Å². The highest BCUT2D eigenvalue weighted by molar-refractivity contribution is 7.99. The Kier molecular flexibility index (Phi) is 4.53. The first-order valence-corrected chi connectivity index (χ1v) is 9.12. The predicted molar refractivity (Wildman–Crippen MR) is 80.3 cm³/mol. The van der Waals surface area contributed by atoms with Crippen molar-refractivity contribution >= 4 is 11.8 Å². The van der Waals surface area contributed by atoms with E-state index in [0.29, 0.717) is 0 Å². The summed E-state index contributed by atoms with van der Waals surface area (Å²) in [5, 5.41) is 3.71. The topological polar surface area (TPSA) is 15.3 Å². The summed E-state index contributed by atoms with van der Waals surface area (Å²) in [5.41, 5.74) is 0. The number of fused-ring (bicyclic) bond motifs is 2. The van der Waals surface area contributed by atoms with Crippen molar-refractivity contribution in [1.82, 2.24) is 10.2 Å². The van der Waals surface area contributed by atoms with Crippen LogP contribution < -0.4 is 5.32 Å². The quantitative estimate of drug-likeness (QED) is 0.847. The summed E-state index contributed by atoms with van der Waals surface area (Å²) >= 11 is 2.16. The minimum Gasteiger partial charge on any atom is -0.314 e. The monoisotopic (exact) mass is 268 g/mol. The molecule has 18 heavy (non-hydrogen) atoms. The van der Waals surface area contributed by atoms with Crippen molar-refractivity contribution in [2.24, 2.45) is 0 Å². The molecule has 3 saturated heterocycles. The van der Waals surface area contributed by atoms with Gasteiger partial charge in [0, 0.05) is 24.2 Å². The maximum absolute atomic E-state index is 3.71. The fourth-order valence-electron chi connectivity index (χ4n) is 4.45. The summed E-state index contributed by atoms with van der Waals surface area (Å²) in [5.74, 6) is 2.80. The molecule has 104 valence electrons. The first-order chi connectivity index (χ1) is 8.88. The Hall–Kier alpha value is 0.270. The van der Waals surface area contributed by atoms with Gasteiger partial charge < -0.3 is 5.32 Å². The number of thioether (sulfide) groups is 1. The van der Waals surface area contributed by atoms with Gasteiger partial charge >= 0.3 is 0 Å². The van der Waals surface area contributed by atoms with E-state index in [-0.39, 0.29) is 0 Å². The third-order valence-corrected chi connectivity index (χ3v) is 6.19. The Morgan fingerprint density at radius 2 is 1.67 bits per heavy atom. The Bertz CT molecular complexity index is 251. The molecular weight excluding hydrogens is 240 g/mol. The van der Waals surface area contributed by atoms with E-state index in [1.54, 1.807) is 0 Å². The average Bonchev–Trinajstić information content (AvgIpc) is 2.39. The summed E-state index contributed by atoms with van der Waals surface area (Å²) < 4.78 is 0. The number of hydrogen-bond donors (Lipinski definition) is 1. The van der Waals surface area contributed by atoms with E-state index in [9.17, 15) is 0 Å². The molecule has 3 aliphatic rings. The minimum absolute atomic E-state index is 0.805. The van der Waals surface area contributed by atoms with Gasteiger partial charge in [-0.2, -0.15) is 11.8 Å². The lowest BCUT2D eigenvalue weighted by atomic mass is 9.80. The third-order valence-electron chi connectivity index (χ3n) is 5.14. The second-order valence-electron chi connectivity index (χ2n) is 6.26. The molecule has 3 rings (SSSR count). The number of rotatable bonds is 3. The lowest BCUT2D eigenvalue weighted by Gasteiger charge is -2.53. The van der Waals surface area contributed by atoms with Crippen LogP contribution in [0.4, 0.5) is 0 Å². The van der Waals surface area contributed by atoms with Crippen LogP contribution in [-0.4, -0.2) is 47.1 Å². The van der Waals surface area contributed by atoms with E-state index < -0.39 is 0 Å². The van der Waals surface area contributed by atoms with Gasteiger partial charge in [-0.3, -0.25) is 4.90 Å². The highest BCUT2D eigenvalue weighted by atomic mass is 32.2. The minimum atomic E-state index is 0.805. The van der Waals surface area contributed by atoms with Crippen LogP contribution in [0.3, 0.4) is 0 Å². The van der Waals surface area contributed by atoms with Crippen molar-refractivity contribution in [2.75, 3.05) is 18.1 Å². The normalized spacial score (nSPS) is 38.8. The SMILES string of the molecule is CCNC1CC2CCCC(C1)N2C1CCSCC1. The Labute approximate surface area is 116 Å². The number of nitrogens with zero attached hydrogens (tertiary/aromatic N) is 1. The molecule has 2 unspecified atom stereocenters. The molecule has 0 spiro atoms. The summed E-state index contributed by atoms with van der Waals surface area (Å²) in [6, 6.07) is 3.52. The van der Waals surface area contributed by atoms with Gasteiger partial charge in [0.2, 0.25) is 0 Å². The smallest absolute Gasteiger partial charge is 0.0117 e. The second kappa shape index (κ2) is 6.15. The molecule has 1 N–H and O–H groups in total. The van der Waals surface area contributed by atoms with E-state index in [1.807, 2.05) is 0 Å². The highest BCUT2D eigenvalue weighted by Gasteiger charge is 2.41. The molecule has 3 aliphatic heterocycles. The lowest BCUT2D eigenvalue weighted by molar-refractivity contribution is -0.0131. The number of nitrogens with one attached hydrogen (secondary N) is 1. The first-order valence-electron chi connectivity index (χ1n) is 7.97. The van der Waals surface area contributed by atoms with Gasteiger partial charge in [-0.1, -0.05) is 13.3 Å².